The largest absolute Gasteiger partial charge is 0.468 e. The van der Waals surface area contributed by atoms with E-state index in [4.69, 9.17) is 16.3 Å². The zero-order valence-corrected chi connectivity index (χ0v) is 15.1. The molecule has 132 valence electrons. The molecule has 1 N–H and O–H groups in total. The van der Waals surface area contributed by atoms with E-state index in [9.17, 15) is 9.59 Å². The summed E-state index contributed by atoms with van der Waals surface area (Å²) in [6, 6.07) is 6.91. The van der Waals surface area contributed by atoms with Gasteiger partial charge >= 0.3 is 5.97 Å². The predicted molar refractivity (Wildman–Crippen MR) is 93.4 cm³/mol. The number of halogens is 1. The fourth-order valence-electron chi connectivity index (χ4n) is 2.96. The Hall–Kier alpha value is -2.03. The summed E-state index contributed by atoms with van der Waals surface area (Å²) in [5, 5.41) is 3.55. The van der Waals surface area contributed by atoms with Gasteiger partial charge in [-0.25, -0.2) is 0 Å². The number of carbonyl (C=O) groups is 2. The average Bonchev–Trinajstić information content (AvgIpc) is 3.24. The molecule has 1 amide bonds. The number of esters is 1. The third-order valence-electron chi connectivity index (χ3n) is 4.08. The molecule has 3 rings (SSSR count). The molecule has 1 aromatic carbocycles. The third-order valence-corrected chi connectivity index (χ3v) is 4.79. The first-order valence-corrected chi connectivity index (χ1v) is 8.82. The van der Waals surface area contributed by atoms with Gasteiger partial charge in [-0.15, -0.1) is 0 Å². The number of methoxy groups -OCH3 is 1. The second-order valence-electron chi connectivity index (χ2n) is 5.80. The minimum absolute atomic E-state index is 0.169. The Labute approximate surface area is 154 Å². The van der Waals surface area contributed by atoms with E-state index in [0.29, 0.717) is 24.5 Å². The molecule has 0 spiro atoms. The summed E-state index contributed by atoms with van der Waals surface area (Å²) in [4.78, 5) is 26.3. The van der Waals surface area contributed by atoms with Crippen molar-refractivity contribution in [1.29, 1.82) is 0 Å². The van der Waals surface area contributed by atoms with Gasteiger partial charge in [0.15, 0.2) is 5.69 Å². The summed E-state index contributed by atoms with van der Waals surface area (Å²) >= 11 is 7.01. The minimum Gasteiger partial charge on any atom is -0.468 e. The lowest BCUT2D eigenvalue weighted by molar-refractivity contribution is -0.146. The first kappa shape index (κ1) is 17.8. The standard InChI is InChI=1S/C16H17ClN4O3S/c1-24-16(23)14-6-12(19-15(22)13-7-18-25-20-13)9-21(14)8-10-3-2-4-11(17)5-10/h2-5,7,12,14H,6,8-9H2,1H3,(H,19,22)/t12-,14-/m0/s1. The van der Waals surface area contributed by atoms with Crippen LogP contribution in [0.25, 0.3) is 0 Å². The van der Waals surface area contributed by atoms with Crippen LogP contribution in [0.3, 0.4) is 0 Å². The fraction of sp³-hybridized carbons (Fsp3) is 0.375. The van der Waals surface area contributed by atoms with Gasteiger partial charge in [0.2, 0.25) is 0 Å². The molecule has 1 aliphatic rings. The van der Waals surface area contributed by atoms with Crippen molar-refractivity contribution in [2.45, 2.75) is 25.0 Å². The number of hydrogen-bond donors (Lipinski definition) is 1. The SMILES string of the molecule is COC(=O)[C@@H]1C[C@H](NC(=O)c2cnsn2)CN1Cc1cccc(Cl)c1. The molecule has 2 heterocycles. The number of rotatable bonds is 5. The number of ether oxygens (including phenoxy) is 1. The van der Waals surface area contributed by atoms with Crippen LogP contribution in [0.1, 0.15) is 22.5 Å². The van der Waals surface area contributed by atoms with Crippen molar-refractivity contribution in [3.8, 4) is 0 Å². The van der Waals surface area contributed by atoms with Crippen molar-refractivity contribution >= 4 is 35.2 Å². The van der Waals surface area contributed by atoms with E-state index in [0.717, 1.165) is 17.3 Å². The number of benzene rings is 1. The Balaban J connectivity index is 1.70. The number of nitrogens with one attached hydrogen (secondary N) is 1. The zero-order chi connectivity index (χ0) is 17.8. The number of likely N-dealkylation sites (tertiary alicyclic amines) is 1. The van der Waals surface area contributed by atoms with Crippen LogP contribution in [0.4, 0.5) is 0 Å². The van der Waals surface area contributed by atoms with Crippen molar-refractivity contribution in [1.82, 2.24) is 19.0 Å². The van der Waals surface area contributed by atoms with E-state index in [-0.39, 0.29) is 23.6 Å². The van der Waals surface area contributed by atoms with Crippen LogP contribution in [0.15, 0.2) is 30.5 Å². The van der Waals surface area contributed by atoms with E-state index in [1.165, 1.54) is 13.3 Å². The van der Waals surface area contributed by atoms with Crippen molar-refractivity contribution in [2.24, 2.45) is 0 Å². The quantitative estimate of drug-likeness (QED) is 0.795. The highest BCUT2D eigenvalue weighted by Crippen LogP contribution is 2.23. The van der Waals surface area contributed by atoms with Crippen molar-refractivity contribution in [3.63, 3.8) is 0 Å². The van der Waals surface area contributed by atoms with Crippen LogP contribution >= 0.6 is 23.3 Å². The molecule has 0 saturated carbocycles. The zero-order valence-electron chi connectivity index (χ0n) is 13.5. The fourth-order valence-corrected chi connectivity index (χ4v) is 3.58. The lowest BCUT2D eigenvalue weighted by Gasteiger charge is -2.22. The predicted octanol–water partition coefficient (Wildman–Crippen LogP) is 1.74. The van der Waals surface area contributed by atoms with E-state index in [1.54, 1.807) is 6.07 Å². The van der Waals surface area contributed by atoms with Gasteiger partial charge in [0.25, 0.3) is 5.91 Å². The normalized spacial score (nSPS) is 20.4. The van der Waals surface area contributed by atoms with Crippen LogP contribution in [0, 0.1) is 0 Å². The van der Waals surface area contributed by atoms with Crippen LogP contribution in [0.5, 0.6) is 0 Å². The van der Waals surface area contributed by atoms with Crippen LogP contribution < -0.4 is 5.32 Å². The first-order chi connectivity index (χ1) is 12.1. The van der Waals surface area contributed by atoms with E-state index < -0.39 is 6.04 Å². The maximum Gasteiger partial charge on any atom is 0.323 e. The maximum absolute atomic E-state index is 12.2. The van der Waals surface area contributed by atoms with Gasteiger partial charge < -0.3 is 10.1 Å². The van der Waals surface area contributed by atoms with Crippen LogP contribution in [0.2, 0.25) is 5.02 Å². The number of nitrogens with zero attached hydrogens (tertiary/aromatic N) is 3. The highest BCUT2D eigenvalue weighted by molar-refractivity contribution is 6.99. The molecule has 0 unspecified atom stereocenters. The first-order valence-electron chi connectivity index (χ1n) is 7.71. The van der Waals surface area contributed by atoms with E-state index >= 15 is 0 Å². The third kappa shape index (κ3) is 4.33. The number of amides is 1. The van der Waals surface area contributed by atoms with Crippen LogP contribution in [-0.2, 0) is 16.1 Å². The van der Waals surface area contributed by atoms with Gasteiger partial charge in [-0.2, -0.15) is 8.75 Å². The molecule has 1 aromatic heterocycles. The monoisotopic (exact) mass is 380 g/mol. The Morgan fingerprint density at radius 2 is 2.32 bits per heavy atom. The summed E-state index contributed by atoms with van der Waals surface area (Å²) in [7, 11) is 1.37. The van der Waals surface area contributed by atoms with E-state index in [2.05, 4.69) is 14.1 Å². The molecule has 1 saturated heterocycles. The summed E-state index contributed by atoms with van der Waals surface area (Å²) < 4.78 is 12.7. The van der Waals surface area contributed by atoms with Gasteiger partial charge in [0.1, 0.15) is 6.04 Å². The molecular weight excluding hydrogens is 364 g/mol. The number of carbonyl (C=O) groups excluding carboxylic acids is 2. The van der Waals surface area contributed by atoms with E-state index in [1.807, 2.05) is 23.1 Å². The van der Waals surface area contributed by atoms with Gasteiger partial charge in [-0.3, -0.25) is 14.5 Å². The Kier molecular flexibility index (Phi) is 5.62. The van der Waals surface area contributed by atoms with Gasteiger partial charge in [0.05, 0.1) is 25.0 Å². The summed E-state index contributed by atoms with van der Waals surface area (Å²) in [5.41, 5.74) is 1.28. The molecule has 1 aliphatic heterocycles. The molecule has 0 aliphatic carbocycles. The summed E-state index contributed by atoms with van der Waals surface area (Å²) in [6.07, 6.45) is 1.91. The molecule has 2 aromatic rings. The smallest absolute Gasteiger partial charge is 0.323 e. The Bertz CT molecular complexity index is 756. The molecule has 25 heavy (non-hydrogen) atoms. The number of hydrogen-bond acceptors (Lipinski definition) is 7. The van der Waals surface area contributed by atoms with Gasteiger partial charge in [-0.05, 0) is 24.1 Å². The van der Waals surface area contributed by atoms with Crippen molar-refractivity contribution in [3.05, 3.63) is 46.7 Å². The highest BCUT2D eigenvalue weighted by Gasteiger charge is 2.38. The molecular formula is C16H17ClN4O3S. The number of aromatic nitrogens is 2. The Morgan fingerprint density at radius 1 is 1.48 bits per heavy atom. The second-order valence-corrected chi connectivity index (χ2v) is 6.79. The van der Waals surface area contributed by atoms with Crippen molar-refractivity contribution in [2.75, 3.05) is 13.7 Å². The van der Waals surface area contributed by atoms with Gasteiger partial charge in [-0.1, -0.05) is 23.7 Å². The second kappa shape index (κ2) is 7.90. The average molecular weight is 381 g/mol. The topological polar surface area (TPSA) is 84.4 Å². The summed E-state index contributed by atoms with van der Waals surface area (Å²) in [6.45, 7) is 1.08. The highest BCUT2D eigenvalue weighted by atomic mass is 35.5. The summed E-state index contributed by atoms with van der Waals surface area (Å²) in [5.74, 6) is -0.596. The minimum atomic E-state index is -0.414. The molecule has 0 radical (unpaired) electrons. The lowest BCUT2D eigenvalue weighted by atomic mass is 10.1. The molecule has 7 nitrogen and oxygen atoms in total. The molecule has 9 heteroatoms. The lowest BCUT2D eigenvalue weighted by Crippen LogP contribution is -2.37. The van der Waals surface area contributed by atoms with Crippen LogP contribution in [-0.4, -0.2) is 51.3 Å². The van der Waals surface area contributed by atoms with Gasteiger partial charge in [0, 0.05) is 24.2 Å². The molecule has 2 atom stereocenters. The molecule has 0 bridgehead atoms. The molecule has 1 fully saturated rings. The maximum atomic E-state index is 12.2. The van der Waals surface area contributed by atoms with Crippen molar-refractivity contribution < 1.29 is 14.3 Å². The Morgan fingerprint density at radius 3 is 3.00 bits per heavy atom.